The van der Waals surface area contributed by atoms with Gasteiger partial charge in [-0.3, -0.25) is 4.79 Å². The highest BCUT2D eigenvalue weighted by Crippen LogP contribution is 2.18. The van der Waals surface area contributed by atoms with Gasteiger partial charge in [-0.1, -0.05) is 6.07 Å². The van der Waals surface area contributed by atoms with Gasteiger partial charge < -0.3 is 15.3 Å². The van der Waals surface area contributed by atoms with Gasteiger partial charge >= 0.3 is 5.97 Å². The van der Waals surface area contributed by atoms with Crippen molar-refractivity contribution < 1.29 is 14.7 Å². The molecule has 1 fully saturated rings. The molecule has 0 aliphatic carbocycles. The van der Waals surface area contributed by atoms with Crippen molar-refractivity contribution >= 4 is 17.6 Å². The Kier molecular flexibility index (Phi) is 5.36. The Bertz CT molecular complexity index is 676. The van der Waals surface area contributed by atoms with E-state index in [1.54, 1.807) is 18.3 Å². The molecule has 0 saturated carbocycles. The molecule has 1 aromatic carbocycles. The topological polar surface area (TPSA) is 93.4 Å². The van der Waals surface area contributed by atoms with E-state index in [9.17, 15) is 14.9 Å². The molecule has 1 unspecified atom stereocenters. The van der Waals surface area contributed by atoms with Gasteiger partial charge in [0.05, 0.1) is 5.56 Å². The van der Waals surface area contributed by atoms with Crippen molar-refractivity contribution in [3.63, 3.8) is 0 Å². The lowest BCUT2D eigenvalue weighted by Crippen LogP contribution is -2.34. The van der Waals surface area contributed by atoms with Crippen LogP contribution in [0.2, 0.25) is 0 Å². The summed E-state index contributed by atoms with van der Waals surface area (Å²) in [5.74, 6) is -1.60. The molecule has 1 atom stereocenters. The molecule has 1 saturated heterocycles. The predicted molar refractivity (Wildman–Crippen MR) is 85.7 cm³/mol. The summed E-state index contributed by atoms with van der Waals surface area (Å²) in [4.78, 5) is 25.2. The summed E-state index contributed by atoms with van der Waals surface area (Å²) in [6.07, 6.45) is 4.83. The summed E-state index contributed by atoms with van der Waals surface area (Å²) in [6, 6.07) is 8.15. The molecule has 0 spiro atoms. The van der Waals surface area contributed by atoms with Crippen LogP contribution in [0.3, 0.4) is 0 Å². The number of nitriles is 1. The van der Waals surface area contributed by atoms with Gasteiger partial charge in [-0.15, -0.1) is 0 Å². The van der Waals surface area contributed by atoms with E-state index < -0.39 is 11.9 Å². The number of amides is 1. The van der Waals surface area contributed by atoms with Gasteiger partial charge in [0, 0.05) is 24.5 Å². The first-order valence-electron chi connectivity index (χ1n) is 7.53. The summed E-state index contributed by atoms with van der Waals surface area (Å²) in [6.45, 7) is 2.90. The first-order chi connectivity index (χ1) is 11.0. The monoisotopic (exact) mass is 313 g/mol. The molecule has 6 heteroatoms. The zero-order valence-corrected chi connectivity index (χ0v) is 13.0. The lowest BCUT2D eigenvalue weighted by atomic mass is 10.0. The largest absolute Gasteiger partial charge is 0.478 e. The Hall–Kier alpha value is -2.81. The minimum atomic E-state index is -1.07. The molecule has 2 rings (SSSR count). The normalized spacial score (nSPS) is 18.2. The van der Waals surface area contributed by atoms with E-state index in [1.807, 2.05) is 11.0 Å². The molecule has 1 aliphatic heterocycles. The summed E-state index contributed by atoms with van der Waals surface area (Å²) < 4.78 is 0. The van der Waals surface area contributed by atoms with Gasteiger partial charge in [-0.25, -0.2) is 4.79 Å². The molecule has 2 N–H and O–H groups in total. The number of carboxylic acid groups (broad SMARTS) is 1. The van der Waals surface area contributed by atoms with Gasteiger partial charge in [-0.05, 0) is 44.4 Å². The third-order valence-electron chi connectivity index (χ3n) is 3.88. The number of aromatic carboxylic acids is 1. The lowest BCUT2D eigenvalue weighted by Gasteiger charge is -2.32. The third-order valence-corrected chi connectivity index (χ3v) is 3.88. The molecular weight excluding hydrogens is 294 g/mol. The molecule has 0 bridgehead atoms. The Morgan fingerprint density at radius 1 is 1.43 bits per heavy atom. The summed E-state index contributed by atoms with van der Waals surface area (Å²) in [7, 11) is 0. The second-order valence-electron chi connectivity index (χ2n) is 5.58. The summed E-state index contributed by atoms with van der Waals surface area (Å²) in [5.41, 5.74) is 0.442. The van der Waals surface area contributed by atoms with Gasteiger partial charge in [0.2, 0.25) is 0 Å². The highest BCUT2D eigenvalue weighted by Gasteiger charge is 2.18. The molecule has 1 aromatic rings. The van der Waals surface area contributed by atoms with Crippen LogP contribution in [0, 0.1) is 11.3 Å². The fourth-order valence-corrected chi connectivity index (χ4v) is 2.54. The maximum Gasteiger partial charge on any atom is 0.335 e. The lowest BCUT2D eigenvalue weighted by molar-refractivity contribution is -0.112. The number of rotatable bonds is 4. The molecule has 6 nitrogen and oxygen atoms in total. The SMILES string of the molecule is CC1CCCCN1/C=C(/C#N)C(=O)Nc1cccc(C(=O)O)c1. The average molecular weight is 313 g/mol. The van der Waals surface area contributed by atoms with Crippen LogP contribution < -0.4 is 5.32 Å². The fraction of sp³-hybridized carbons (Fsp3) is 0.353. The highest BCUT2D eigenvalue weighted by molar-refractivity contribution is 6.06. The molecule has 1 aliphatic rings. The first-order valence-corrected chi connectivity index (χ1v) is 7.53. The van der Waals surface area contributed by atoms with E-state index >= 15 is 0 Å². The average Bonchev–Trinajstić information content (AvgIpc) is 2.54. The van der Waals surface area contributed by atoms with Crippen molar-refractivity contribution in [3.05, 3.63) is 41.6 Å². The number of carbonyl (C=O) groups is 2. The maximum absolute atomic E-state index is 12.2. The molecular formula is C17H19N3O3. The highest BCUT2D eigenvalue weighted by atomic mass is 16.4. The number of hydrogen-bond donors (Lipinski definition) is 2. The number of hydrogen-bond acceptors (Lipinski definition) is 4. The van der Waals surface area contributed by atoms with Crippen LogP contribution in [0.15, 0.2) is 36.0 Å². The number of likely N-dealkylation sites (tertiary alicyclic amines) is 1. The van der Waals surface area contributed by atoms with Crippen molar-refractivity contribution in [2.24, 2.45) is 0 Å². The van der Waals surface area contributed by atoms with Crippen molar-refractivity contribution in [2.75, 3.05) is 11.9 Å². The van der Waals surface area contributed by atoms with Crippen LogP contribution in [0.4, 0.5) is 5.69 Å². The number of anilines is 1. The Labute approximate surface area is 135 Å². The first kappa shape index (κ1) is 16.6. The number of carboxylic acids is 1. The van der Waals surface area contributed by atoms with Crippen molar-refractivity contribution in [3.8, 4) is 6.07 Å². The van der Waals surface area contributed by atoms with Crippen LogP contribution in [0.1, 0.15) is 36.5 Å². The summed E-state index contributed by atoms with van der Waals surface area (Å²) >= 11 is 0. The third kappa shape index (κ3) is 4.33. The van der Waals surface area contributed by atoms with Crippen LogP contribution in [0.25, 0.3) is 0 Å². The summed E-state index contributed by atoms with van der Waals surface area (Å²) in [5, 5.41) is 20.8. The fourth-order valence-electron chi connectivity index (χ4n) is 2.54. The number of nitrogens with one attached hydrogen (secondary N) is 1. The number of carbonyl (C=O) groups excluding carboxylic acids is 1. The standard InChI is InChI=1S/C17H19N3O3/c1-12-5-2-3-8-20(12)11-14(10-18)16(21)19-15-7-4-6-13(9-15)17(22)23/h4,6-7,9,11-12H,2-3,5,8H2,1H3,(H,19,21)(H,22,23)/b14-11-. The second kappa shape index (κ2) is 7.45. The van der Waals surface area contributed by atoms with Crippen LogP contribution >= 0.6 is 0 Å². The molecule has 0 aromatic heterocycles. The predicted octanol–water partition coefficient (Wildman–Crippen LogP) is 2.61. The quantitative estimate of drug-likeness (QED) is 0.658. The van der Waals surface area contributed by atoms with Crippen LogP contribution in [-0.2, 0) is 4.79 Å². The van der Waals surface area contributed by atoms with Crippen LogP contribution in [-0.4, -0.2) is 34.5 Å². The molecule has 1 heterocycles. The van der Waals surface area contributed by atoms with E-state index in [1.165, 1.54) is 12.1 Å². The van der Waals surface area contributed by atoms with E-state index in [0.717, 1.165) is 25.8 Å². The molecule has 1 amide bonds. The van der Waals surface area contributed by atoms with Gasteiger partial charge in [0.1, 0.15) is 11.6 Å². The van der Waals surface area contributed by atoms with Gasteiger partial charge in [0.25, 0.3) is 5.91 Å². The molecule has 120 valence electrons. The Morgan fingerprint density at radius 2 is 2.22 bits per heavy atom. The second-order valence-corrected chi connectivity index (χ2v) is 5.58. The molecule has 0 radical (unpaired) electrons. The maximum atomic E-state index is 12.2. The zero-order chi connectivity index (χ0) is 16.8. The molecule has 23 heavy (non-hydrogen) atoms. The van der Waals surface area contributed by atoms with Gasteiger partial charge in [-0.2, -0.15) is 5.26 Å². The minimum Gasteiger partial charge on any atom is -0.478 e. The number of nitrogens with zero attached hydrogens (tertiary/aromatic N) is 2. The smallest absolute Gasteiger partial charge is 0.335 e. The van der Waals surface area contributed by atoms with E-state index in [2.05, 4.69) is 12.2 Å². The van der Waals surface area contributed by atoms with Crippen molar-refractivity contribution in [1.82, 2.24) is 4.90 Å². The van der Waals surface area contributed by atoms with Crippen LogP contribution in [0.5, 0.6) is 0 Å². The Morgan fingerprint density at radius 3 is 2.87 bits per heavy atom. The van der Waals surface area contributed by atoms with Crippen molar-refractivity contribution in [1.29, 1.82) is 5.26 Å². The zero-order valence-electron chi connectivity index (χ0n) is 13.0. The minimum absolute atomic E-state index is 0.0134. The van der Waals surface area contributed by atoms with E-state index in [0.29, 0.717) is 11.7 Å². The van der Waals surface area contributed by atoms with Gasteiger partial charge in [0.15, 0.2) is 0 Å². The number of piperidine rings is 1. The van der Waals surface area contributed by atoms with Crippen molar-refractivity contribution in [2.45, 2.75) is 32.2 Å². The van der Waals surface area contributed by atoms with E-state index in [-0.39, 0.29) is 11.1 Å². The number of benzene rings is 1. The van der Waals surface area contributed by atoms with E-state index in [4.69, 9.17) is 5.11 Å². The Balaban J connectivity index is 2.12.